The van der Waals surface area contributed by atoms with Crippen LogP contribution >= 0.6 is 0 Å². The Morgan fingerprint density at radius 2 is 2.20 bits per heavy atom. The molecule has 0 N–H and O–H groups in total. The first-order valence-corrected chi connectivity index (χ1v) is 3.35. The van der Waals surface area contributed by atoms with Crippen molar-refractivity contribution in [3.8, 4) is 0 Å². The van der Waals surface area contributed by atoms with Crippen LogP contribution in [-0.4, -0.2) is 24.3 Å². The van der Waals surface area contributed by atoms with E-state index in [1.165, 1.54) is 7.05 Å². The highest BCUT2D eigenvalue weighted by atomic mass is 16.2. The summed E-state index contributed by atoms with van der Waals surface area (Å²) in [5, 5.41) is 0. The lowest BCUT2D eigenvalue weighted by Crippen LogP contribution is -2.29. The molecule has 3 heteroatoms. The number of nitrogens with zero attached hydrogens (tertiary/aromatic N) is 1. The van der Waals surface area contributed by atoms with Crippen molar-refractivity contribution in [1.82, 2.24) is 4.90 Å². The van der Waals surface area contributed by atoms with Crippen LogP contribution in [0.25, 0.3) is 0 Å². The predicted octanol–water partition coefficient (Wildman–Crippen LogP) is 0.647. The fourth-order valence-corrected chi connectivity index (χ4v) is 0.574. The molecule has 0 saturated heterocycles. The fraction of sp³-hybridized carbons (Fsp3) is 0.714. The Hall–Kier alpha value is -0.860. The molecule has 0 bridgehead atoms. The second-order valence-electron chi connectivity index (χ2n) is 2.36. The Balaban J connectivity index is 3.93. The highest BCUT2D eigenvalue weighted by molar-refractivity contribution is 5.87. The number of hydrogen-bond donors (Lipinski definition) is 0. The fourth-order valence-electron chi connectivity index (χ4n) is 0.574. The summed E-state index contributed by atoms with van der Waals surface area (Å²) in [6.07, 6.45) is 1.31. The van der Waals surface area contributed by atoms with E-state index < -0.39 is 0 Å². The van der Waals surface area contributed by atoms with E-state index in [0.29, 0.717) is 6.41 Å². The SMILES string of the molecule is CCC(C)C(=O)N(C)C=O. The minimum absolute atomic E-state index is 0.0461. The van der Waals surface area contributed by atoms with Crippen molar-refractivity contribution in [2.45, 2.75) is 20.3 Å². The average molecular weight is 143 g/mol. The minimum Gasteiger partial charge on any atom is -0.288 e. The molecule has 0 aliphatic heterocycles. The van der Waals surface area contributed by atoms with Crippen molar-refractivity contribution < 1.29 is 9.59 Å². The molecule has 0 aliphatic carbocycles. The van der Waals surface area contributed by atoms with Crippen molar-refractivity contribution in [3.63, 3.8) is 0 Å². The normalized spacial score (nSPS) is 12.3. The molecular formula is C7H13NO2. The zero-order valence-electron chi connectivity index (χ0n) is 6.63. The van der Waals surface area contributed by atoms with Gasteiger partial charge in [-0.15, -0.1) is 0 Å². The number of amides is 2. The van der Waals surface area contributed by atoms with Crippen LogP contribution in [0.4, 0.5) is 0 Å². The Kier molecular flexibility index (Phi) is 3.69. The maximum absolute atomic E-state index is 11.0. The van der Waals surface area contributed by atoms with Crippen LogP contribution in [0.5, 0.6) is 0 Å². The van der Waals surface area contributed by atoms with Crippen LogP contribution < -0.4 is 0 Å². The largest absolute Gasteiger partial charge is 0.288 e. The zero-order chi connectivity index (χ0) is 8.15. The van der Waals surface area contributed by atoms with Gasteiger partial charge in [0.15, 0.2) is 0 Å². The summed E-state index contributed by atoms with van der Waals surface area (Å²) in [7, 11) is 1.47. The third-order valence-corrected chi connectivity index (χ3v) is 1.54. The van der Waals surface area contributed by atoms with Gasteiger partial charge in [-0.05, 0) is 6.42 Å². The molecule has 0 aromatic heterocycles. The number of carbonyl (C=O) groups is 2. The van der Waals surface area contributed by atoms with Crippen LogP contribution in [0, 0.1) is 5.92 Å². The number of imide groups is 1. The standard InChI is InChI=1S/C7H13NO2/c1-4-6(2)7(10)8(3)5-9/h5-6H,4H2,1-3H3. The molecule has 0 aliphatic rings. The average Bonchev–Trinajstić information content (AvgIpc) is 2.00. The van der Waals surface area contributed by atoms with Crippen molar-refractivity contribution >= 4 is 12.3 Å². The number of hydrogen-bond acceptors (Lipinski definition) is 2. The van der Waals surface area contributed by atoms with Gasteiger partial charge in [0.25, 0.3) is 0 Å². The Morgan fingerprint density at radius 1 is 1.70 bits per heavy atom. The van der Waals surface area contributed by atoms with Gasteiger partial charge in [-0.2, -0.15) is 0 Å². The molecule has 0 aromatic rings. The van der Waals surface area contributed by atoms with Gasteiger partial charge < -0.3 is 0 Å². The quantitative estimate of drug-likeness (QED) is 0.544. The lowest BCUT2D eigenvalue weighted by molar-refractivity contribution is -0.139. The lowest BCUT2D eigenvalue weighted by Gasteiger charge is -2.12. The van der Waals surface area contributed by atoms with Crippen LogP contribution in [0.1, 0.15) is 20.3 Å². The third-order valence-electron chi connectivity index (χ3n) is 1.54. The third kappa shape index (κ3) is 2.17. The van der Waals surface area contributed by atoms with E-state index in [1.54, 1.807) is 0 Å². The molecular weight excluding hydrogens is 130 g/mol. The van der Waals surface area contributed by atoms with Crippen molar-refractivity contribution in [2.75, 3.05) is 7.05 Å². The van der Waals surface area contributed by atoms with E-state index in [4.69, 9.17) is 0 Å². The van der Waals surface area contributed by atoms with E-state index in [1.807, 2.05) is 13.8 Å². The molecule has 0 rings (SSSR count). The Morgan fingerprint density at radius 3 is 2.50 bits per heavy atom. The zero-order valence-corrected chi connectivity index (χ0v) is 6.63. The van der Waals surface area contributed by atoms with Gasteiger partial charge in [-0.25, -0.2) is 0 Å². The second-order valence-corrected chi connectivity index (χ2v) is 2.36. The maximum Gasteiger partial charge on any atom is 0.231 e. The molecule has 3 nitrogen and oxygen atoms in total. The highest BCUT2D eigenvalue weighted by Gasteiger charge is 2.13. The first-order valence-electron chi connectivity index (χ1n) is 3.35. The molecule has 0 aromatic carbocycles. The summed E-state index contributed by atoms with van der Waals surface area (Å²) in [6, 6.07) is 0. The lowest BCUT2D eigenvalue weighted by atomic mass is 10.1. The topological polar surface area (TPSA) is 37.4 Å². The predicted molar refractivity (Wildman–Crippen MR) is 38.3 cm³/mol. The smallest absolute Gasteiger partial charge is 0.231 e. The molecule has 1 unspecified atom stereocenters. The summed E-state index contributed by atoms with van der Waals surface area (Å²) in [5.41, 5.74) is 0. The van der Waals surface area contributed by atoms with Crippen LogP contribution in [-0.2, 0) is 9.59 Å². The van der Waals surface area contributed by atoms with Crippen molar-refractivity contribution in [2.24, 2.45) is 5.92 Å². The summed E-state index contributed by atoms with van der Waals surface area (Å²) >= 11 is 0. The van der Waals surface area contributed by atoms with E-state index >= 15 is 0 Å². The van der Waals surface area contributed by atoms with Crippen molar-refractivity contribution in [3.05, 3.63) is 0 Å². The van der Waals surface area contributed by atoms with Crippen LogP contribution in [0.2, 0.25) is 0 Å². The van der Waals surface area contributed by atoms with Gasteiger partial charge in [0.1, 0.15) is 0 Å². The first-order chi connectivity index (χ1) is 4.63. The minimum atomic E-state index is -0.113. The first kappa shape index (κ1) is 9.14. The molecule has 2 amide bonds. The summed E-state index contributed by atoms with van der Waals surface area (Å²) in [4.78, 5) is 22.1. The van der Waals surface area contributed by atoms with Gasteiger partial charge in [0, 0.05) is 13.0 Å². The van der Waals surface area contributed by atoms with Crippen LogP contribution in [0.3, 0.4) is 0 Å². The van der Waals surface area contributed by atoms with Gasteiger partial charge in [0.05, 0.1) is 0 Å². The monoisotopic (exact) mass is 143 g/mol. The molecule has 0 heterocycles. The van der Waals surface area contributed by atoms with Gasteiger partial charge in [-0.3, -0.25) is 14.5 Å². The molecule has 0 saturated carbocycles. The summed E-state index contributed by atoms with van der Waals surface area (Å²) < 4.78 is 0. The summed E-state index contributed by atoms with van der Waals surface area (Å²) in [6.45, 7) is 3.73. The van der Waals surface area contributed by atoms with E-state index in [2.05, 4.69) is 0 Å². The van der Waals surface area contributed by atoms with E-state index in [9.17, 15) is 9.59 Å². The maximum atomic E-state index is 11.0. The van der Waals surface area contributed by atoms with Crippen LogP contribution in [0.15, 0.2) is 0 Å². The van der Waals surface area contributed by atoms with Crippen molar-refractivity contribution in [1.29, 1.82) is 0 Å². The van der Waals surface area contributed by atoms with Gasteiger partial charge in [-0.1, -0.05) is 13.8 Å². The molecule has 58 valence electrons. The van der Waals surface area contributed by atoms with Gasteiger partial charge in [0.2, 0.25) is 12.3 Å². The number of rotatable bonds is 3. The Bertz CT molecular complexity index is 134. The molecule has 0 spiro atoms. The number of carbonyl (C=O) groups excluding carboxylic acids is 2. The Labute approximate surface area is 61.0 Å². The molecule has 0 fully saturated rings. The molecule has 10 heavy (non-hydrogen) atoms. The van der Waals surface area contributed by atoms with E-state index in [0.717, 1.165) is 11.3 Å². The highest BCUT2D eigenvalue weighted by Crippen LogP contribution is 2.02. The second kappa shape index (κ2) is 4.04. The summed E-state index contributed by atoms with van der Waals surface area (Å²) in [5.74, 6) is -0.160. The molecule has 1 atom stereocenters. The van der Waals surface area contributed by atoms with E-state index in [-0.39, 0.29) is 11.8 Å². The van der Waals surface area contributed by atoms with Gasteiger partial charge >= 0.3 is 0 Å². The molecule has 0 radical (unpaired) electrons.